The SMILES string of the molecule is CCCn1cc(Cl)cc1C(=O)Nc1cc(Cl)ncn1. The highest BCUT2D eigenvalue weighted by molar-refractivity contribution is 6.31. The molecule has 0 fully saturated rings. The van der Waals surface area contributed by atoms with Crippen molar-refractivity contribution in [2.45, 2.75) is 19.9 Å². The molecule has 0 radical (unpaired) electrons. The lowest BCUT2D eigenvalue weighted by Gasteiger charge is -2.08. The van der Waals surface area contributed by atoms with Gasteiger partial charge in [-0.05, 0) is 12.5 Å². The molecule has 0 bridgehead atoms. The fourth-order valence-corrected chi connectivity index (χ4v) is 2.04. The minimum Gasteiger partial charge on any atom is -0.342 e. The molecular weight excluding hydrogens is 287 g/mol. The number of aromatic nitrogens is 3. The molecule has 0 aliphatic carbocycles. The van der Waals surface area contributed by atoms with Gasteiger partial charge in [-0.15, -0.1) is 0 Å². The number of carbonyl (C=O) groups excluding carboxylic acids is 1. The van der Waals surface area contributed by atoms with Crippen LogP contribution in [0, 0.1) is 0 Å². The Balaban J connectivity index is 2.20. The normalized spacial score (nSPS) is 10.5. The van der Waals surface area contributed by atoms with Gasteiger partial charge in [-0.1, -0.05) is 30.1 Å². The van der Waals surface area contributed by atoms with E-state index in [1.54, 1.807) is 16.8 Å². The summed E-state index contributed by atoms with van der Waals surface area (Å²) in [6.45, 7) is 2.75. The van der Waals surface area contributed by atoms with Crippen molar-refractivity contribution in [3.8, 4) is 0 Å². The second-order valence-electron chi connectivity index (χ2n) is 3.92. The number of halogens is 2. The number of hydrogen-bond donors (Lipinski definition) is 1. The molecule has 1 N–H and O–H groups in total. The van der Waals surface area contributed by atoms with Gasteiger partial charge in [-0.3, -0.25) is 4.79 Å². The van der Waals surface area contributed by atoms with Crippen LogP contribution < -0.4 is 5.32 Å². The molecule has 0 aliphatic rings. The number of amides is 1. The van der Waals surface area contributed by atoms with E-state index >= 15 is 0 Å². The Morgan fingerprint density at radius 2 is 2.16 bits per heavy atom. The van der Waals surface area contributed by atoms with Crippen molar-refractivity contribution in [1.29, 1.82) is 0 Å². The minimum absolute atomic E-state index is 0.271. The van der Waals surface area contributed by atoms with E-state index < -0.39 is 0 Å². The van der Waals surface area contributed by atoms with Crippen LogP contribution >= 0.6 is 23.2 Å². The monoisotopic (exact) mass is 298 g/mol. The first kappa shape index (κ1) is 13.8. The zero-order valence-electron chi connectivity index (χ0n) is 10.2. The van der Waals surface area contributed by atoms with Crippen molar-refractivity contribution >= 4 is 34.9 Å². The van der Waals surface area contributed by atoms with E-state index in [0.29, 0.717) is 16.5 Å². The lowest BCUT2D eigenvalue weighted by atomic mass is 10.3. The van der Waals surface area contributed by atoms with Crippen LogP contribution in [0.4, 0.5) is 5.82 Å². The number of anilines is 1. The van der Waals surface area contributed by atoms with Crippen molar-refractivity contribution in [2.24, 2.45) is 0 Å². The topological polar surface area (TPSA) is 59.8 Å². The van der Waals surface area contributed by atoms with Crippen molar-refractivity contribution in [3.05, 3.63) is 40.5 Å². The number of rotatable bonds is 4. The number of aryl methyl sites for hydroxylation is 1. The number of nitrogens with one attached hydrogen (secondary N) is 1. The van der Waals surface area contributed by atoms with Gasteiger partial charge in [0.05, 0.1) is 5.02 Å². The zero-order valence-corrected chi connectivity index (χ0v) is 11.7. The van der Waals surface area contributed by atoms with Crippen LogP contribution in [-0.2, 0) is 6.54 Å². The summed E-state index contributed by atoms with van der Waals surface area (Å²) >= 11 is 11.7. The summed E-state index contributed by atoms with van der Waals surface area (Å²) < 4.78 is 1.81. The van der Waals surface area contributed by atoms with Crippen molar-refractivity contribution in [3.63, 3.8) is 0 Å². The molecule has 19 heavy (non-hydrogen) atoms. The van der Waals surface area contributed by atoms with E-state index in [0.717, 1.165) is 13.0 Å². The molecular formula is C12H12Cl2N4O. The van der Waals surface area contributed by atoms with E-state index in [9.17, 15) is 4.79 Å². The van der Waals surface area contributed by atoms with Gasteiger partial charge in [0.25, 0.3) is 5.91 Å². The first-order valence-corrected chi connectivity index (χ1v) is 6.50. The second-order valence-corrected chi connectivity index (χ2v) is 4.74. The van der Waals surface area contributed by atoms with Gasteiger partial charge < -0.3 is 9.88 Å². The lowest BCUT2D eigenvalue weighted by molar-refractivity contribution is 0.101. The molecule has 100 valence electrons. The summed E-state index contributed by atoms with van der Waals surface area (Å²) in [5.41, 5.74) is 0.488. The van der Waals surface area contributed by atoms with Crippen LogP contribution in [0.1, 0.15) is 23.8 Å². The molecule has 2 rings (SSSR count). The predicted octanol–water partition coefficient (Wildman–Crippen LogP) is 3.25. The Morgan fingerprint density at radius 1 is 1.37 bits per heavy atom. The highest BCUT2D eigenvalue weighted by Crippen LogP contribution is 2.16. The van der Waals surface area contributed by atoms with Gasteiger partial charge >= 0.3 is 0 Å². The van der Waals surface area contributed by atoms with E-state index in [4.69, 9.17) is 23.2 Å². The largest absolute Gasteiger partial charge is 0.342 e. The fraction of sp³-hybridized carbons (Fsp3) is 0.250. The Kier molecular flexibility index (Phi) is 4.39. The van der Waals surface area contributed by atoms with Crippen molar-refractivity contribution in [1.82, 2.24) is 14.5 Å². The van der Waals surface area contributed by atoms with Gasteiger partial charge in [-0.2, -0.15) is 0 Å². The molecule has 0 aromatic carbocycles. The predicted molar refractivity (Wildman–Crippen MR) is 74.7 cm³/mol. The first-order valence-electron chi connectivity index (χ1n) is 5.74. The van der Waals surface area contributed by atoms with Gasteiger partial charge in [0, 0.05) is 18.8 Å². The summed E-state index contributed by atoms with van der Waals surface area (Å²) in [7, 11) is 0. The van der Waals surface area contributed by atoms with Gasteiger partial charge in [-0.25, -0.2) is 9.97 Å². The van der Waals surface area contributed by atoms with Gasteiger partial charge in [0.15, 0.2) is 0 Å². The van der Waals surface area contributed by atoms with Crippen molar-refractivity contribution in [2.75, 3.05) is 5.32 Å². The summed E-state index contributed by atoms with van der Waals surface area (Å²) in [4.78, 5) is 19.8. The maximum absolute atomic E-state index is 12.1. The van der Waals surface area contributed by atoms with Crippen LogP contribution in [0.3, 0.4) is 0 Å². The molecule has 0 saturated heterocycles. The Bertz CT molecular complexity index is 597. The highest BCUT2D eigenvalue weighted by atomic mass is 35.5. The standard InChI is InChI=1S/C12H12Cl2N4O/c1-2-3-18-6-8(13)4-9(18)12(19)17-11-5-10(14)15-7-16-11/h4-7H,2-3H2,1H3,(H,15,16,17,19). The number of carbonyl (C=O) groups is 1. The smallest absolute Gasteiger partial charge is 0.273 e. The fourth-order valence-electron chi connectivity index (χ4n) is 1.67. The van der Waals surface area contributed by atoms with Crippen molar-refractivity contribution < 1.29 is 4.79 Å². The molecule has 0 aliphatic heterocycles. The molecule has 5 nitrogen and oxygen atoms in total. The van der Waals surface area contributed by atoms with E-state index in [1.807, 2.05) is 6.92 Å². The van der Waals surface area contributed by atoms with E-state index in [1.165, 1.54) is 12.4 Å². The average molecular weight is 299 g/mol. The van der Waals surface area contributed by atoms with Crippen LogP contribution in [0.15, 0.2) is 24.7 Å². The maximum atomic E-state index is 12.1. The molecule has 1 amide bonds. The summed E-state index contributed by atoms with van der Waals surface area (Å²) in [5, 5.41) is 3.45. The molecule has 0 spiro atoms. The maximum Gasteiger partial charge on any atom is 0.273 e. The number of nitrogens with zero attached hydrogens (tertiary/aromatic N) is 3. The van der Waals surface area contributed by atoms with Crippen LogP contribution in [0.2, 0.25) is 10.2 Å². The molecule has 2 aromatic heterocycles. The van der Waals surface area contributed by atoms with Gasteiger partial charge in [0.1, 0.15) is 23.0 Å². The Morgan fingerprint density at radius 3 is 2.84 bits per heavy atom. The summed E-state index contributed by atoms with van der Waals surface area (Å²) in [6, 6.07) is 3.10. The minimum atomic E-state index is -0.282. The molecule has 0 atom stereocenters. The molecule has 2 heterocycles. The van der Waals surface area contributed by atoms with Crippen LogP contribution in [0.25, 0.3) is 0 Å². The molecule has 7 heteroatoms. The van der Waals surface area contributed by atoms with E-state index in [-0.39, 0.29) is 11.1 Å². The Labute approximate surface area is 120 Å². The van der Waals surface area contributed by atoms with Crippen LogP contribution in [-0.4, -0.2) is 20.4 Å². The molecule has 0 saturated carbocycles. The van der Waals surface area contributed by atoms with Crippen LogP contribution in [0.5, 0.6) is 0 Å². The van der Waals surface area contributed by atoms with Gasteiger partial charge in [0.2, 0.25) is 0 Å². The van der Waals surface area contributed by atoms with E-state index in [2.05, 4.69) is 15.3 Å². The number of hydrogen-bond acceptors (Lipinski definition) is 3. The second kappa shape index (κ2) is 6.04. The third kappa shape index (κ3) is 3.45. The molecule has 0 unspecified atom stereocenters. The average Bonchev–Trinajstić information content (AvgIpc) is 2.71. The first-order chi connectivity index (χ1) is 9.10. The molecule has 2 aromatic rings. The highest BCUT2D eigenvalue weighted by Gasteiger charge is 2.13. The lowest BCUT2D eigenvalue weighted by Crippen LogP contribution is -2.17. The Hall–Kier alpha value is -1.59. The zero-order chi connectivity index (χ0) is 13.8. The third-order valence-electron chi connectivity index (χ3n) is 2.44. The summed E-state index contributed by atoms with van der Waals surface area (Å²) in [5.74, 6) is 0.0699. The summed E-state index contributed by atoms with van der Waals surface area (Å²) in [6.07, 6.45) is 3.92. The third-order valence-corrected chi connectivity index (χ3v) is 2.85. The quantitative estimate of drug-likeness (QED) is 0.882.